The van der Waals surface area contributed by atoms with Crippen molar-refractivity contribution in [2.75, 3.05) is 0 Å². The van der Waals surface area contributed by atoms with Gasteiger partial charge >= 0.3 is 5.69 Å². The van der Waals surface area contributed by atoms with E-state index in [0.717, 1.165) is 6.20 Å². The second-order valence-electron chi connectivity index (χ2n) is 1.89. The van der Waals surface area contributed by atoms with Gasteiger partial charge in [-0.25, -0.2) is 9.37 Å². The van der Waals surface area contributed by atoms with Crippen molar-refractivity contribution in [1.29, 1.82) is 5.26 Å². The standard InChI is InChI=1S/C6H2FN3O2/c7-4-1-6(10(11)12)5(2-8)9-3-4/h1,3H. The minimum Gasteiger partial charge on any atom is -0.258 e. The largest absolute Gasteiger partial charge is 0.308 e. The Morgan fingerprint density at radius 2 is 2.42 bits per heavy atom. The highest BCUT2D eigenvalue weighted by Gasteiger charge is 2.15. The monoisotopic (exact) mass is 167 g/mol. The highest BCUT2D eigenvalue weighted by atomic mass is 19.1. The molecule has 0 saturated heterocycles. The number of nitro groups is 1. The third kappa shape index (κ3) is 1.34. The summed E-state index contributed by atoms with van der Waals surface area (Å²) < 4.78 is 12.4. The molecular formula is C6H2FN3O2. The third-order valence-electron chi connectivity index (χ3n) is 1.14. The summed E-state index contributed by atoms with van der Waals surface area (Å²) in [6, 6.07) is 2.14. The highest BCUT2D eigenvalue weighted by molar-refractivity contribution is 5.42. The lowest BCUT2D eigenvalue weighted by Crippen LogP contribution is -1.95. The molecule has 0 bridgehead atoms. The second-order valence-corrected chi connectivity index (χ2v) is 1.89. The molecule has 0 unspecified atom stereocenters. The predicted molar refractivity (Wildman–Crippen MR) is 35.6 cm³/mol. The molecule has 1 rings (SSSR count). The van der Waals surface area contributed by atoms with E-state index in [2.05, 4.69) is 4.98 Å². The lowest BCUT2D eigenvalue weighted by molar-refractivity contribution is -0.385. The predicted octanol–water partition coefficient (Wildman–Crippen LogP) is 1.00. The molecule has 1 aromatic rings. The molecule has 60 valence electrons. The van der Waals surface area contributed by atoms with Crippen molar-refractivity contribution in [2.45, 2.75) is 0 Å². The van der Waals surface area contributed by atoms with E-state index < -0.39 is 16.4 Å². The van der Waals surface area contributed by atoms with E-state index in [9.17, 15) is 14.5 Å². The van der Waals surface area contributed by atoms with Crippen LogP contribution in [-0.2, 0) is 0 Å². The van der Waals surface area contributed by atoms with E-state index in [4.69, 9.17) is 5.26 Å². The van der Waals surface area contributed by atoms with E-state index in [0.29, 0.717) is 6.07 Å². The quantitative estimate of drug-likeness (QED) is 0.461. The lowest BCUT2D eigenvalue weighted by Gasteiger charge is -1.92. The summed E-state index contributed by atoms with van der Waals surface area (Å²) >= 11 is 0. The maximum absolute atomic E-state index is 12.4. The van der Waals surface area contributed by atoms with Crippen molar-refractivity contribution in [3.05, 3.63) is 33.9 Å². The number of hydrogen-bond acceptors (Lipinski definition) is 4. The number of aromatic nitrogens is 1. The third-order valence-corrected chi connectivity index (χ3v) is 1.14. The molecule has 0 aliphatic heterocycles. The molecule has 5 nitrogen and oxygen atoms in total. The summed E-state index contributed by atoms with van der Waals surface area (Å²) in [7, 11) is 0. The molecule has 0 fully saturated rings. The molecule has 0 aliphatic carbocycles. The number of nitriles is 1. The Bertz CT molecular complexity index is 372. The molecule has 0 N–H and O–H groups in total. The fourth-order valence-corrected chi connectivity index (χ4v) is 0.654. The van der Waals surface area contributed by atoms with Gasteiger partial charge in [0, 0.05) is 0 Å². The first-order valence-corrected chi connectivity index (χ1v) is 2.85. The first-order valence-electron chi connectivity index (χ1n) is 2.85. The Morgan fingerprint density at radius 1 is 1.75 bits per heavy atom. The van der Waals surface area contributed by atoms with E-state index in [1.165, 1.54) is 6.07 Å². The van der Waals surface area contributed by atoms with Gasteiger partial charge in [0.25, 0.3) is 0 Å². The fraction of sp³-hybridized carbons (Fsp3) is 0. The van der Waals surface area contributed by atoms with Gasteiger partial charge in [-0.05, 0) is 0 Å². The Kier molecular flexibility index (Phi) is 1.96. The molecule has 12 heavy (non-hydrogen) atoms. The summed E-state index contributed by atoms with van der Waals surface area (Å²) in [4.78, 5) is 12.6. The van der Waals surface area contributed by atoms with Crippen LogP contribution in [0.2, 0.25) is 0 Å². The molecule has 0 saturated carbocycles. The highest BCUT2D eigenvalue weighted by Crippen LogP contribution is 2.15. The zero-order valence-corrected chi connectivity index (χ0v) is 5.69. The summed E-state index contributed by atoms with van der Waals surface area (Å²) in [6.07, 6.45) is 0.756. The Hall–Kier alpha value is -2.03. The van der Waals surface area contributed by atoms with E-state index in [1.807, 2.05) is 0 Å². The Balaban J connectivity index is 3.34. The van der Waals surface area contributed by atoms with Gasteiger partial charge in [-0.1, -0.05) is 0 Å². The molecule has 6 heteroatoms. The fourth-order valence-electron chi connectivity index (χ4n) is 0.654. The van der Waals surface area contributed by atoms with Gasteiger partial charge in [0.15, 0.2) is 0 Å². The van der Waals surface area contributed by atoms with Crippen LogP contribution >= 0.6 is 0 Å². The topological polar surface area (TPSA) is 79.8 Å². The second kappa shape index (κ2) is 2.92. The number of nitrogens with zero attached hydrogens (tertiary/aromatic N) is 3. The van der Waals surface area contributed by atoms with Crippen molar-refractivity contribution in [3.63, 3.8) is 0 Å². The van der Waals surface area contributed by atoms with Crippen molar-refractivity contribution in [1.82, 2.24) is 4.98 Å². The SMILES string of the molecule is N#Cc1ncc(F)cc1[N+](=O)[O-]. The molecule has 1 aromatic heterocycles. The van der Waals surface area contributed by atoms with Crippen LogP contribution < -0.4 is 0 Å². The molecular weight excluding hydrogens is 165 g/mol. The zero-order valence-electron chi connectivity index (χ0n) is 5.69. The molecule has 0 spiro atoms. The average molecular weight is 167 g/mol. The molecule has 0 aromatic carbocycles. The first-order chi connectivity index (χ1) is 5.65. The molecule has 1 heterocycles. The van der Waals surface area contributed by atoms with Crippen molar-refractivity contribution >= 4 is 5.69 Å². The summed E-state index contributed by atoms with van der Waals surface area (Å²) in [5.74, 6) is -0.833. The van der Waals surface area contributed by atoms with Gasteiger partial charge in [0.1, 0.15) is 11.9 Å². The maximum Gasteiger partial charge on any atom is 0.308 e. The van der Waals surface area contributed by atoms with Crippen molar-refractivity contribution in [2.24, 2.45) is 0 Å². The van der Waals surface area contributed by atoms with Crippen LogP contribution in [0.3, 0.4) is 0 Å². The molecule has 0 radical (unpaired) electrons. The van der Waals surface area contributed by atoms with Gasteiger partial charge < -0.3 is 0 Å². The van der Waals surface area contributed by atoms with Crippen molar-refractivity contribution in [3.8, 4) is 6.07 Å². The van der Waals surface area contributed by atoms with E-state index in [-0.39, 0.29) is 5.69 Å². The van der Waals surface area contributed by atoms with Crippen LogP contribution in [0.5, 0.6) is 0 Å². The van der Waals surface area contributed by atoms with Crippen LogP contribution in [0.15, 0.2) is 12.3 Å². The lowest BCUT2D eigenvalue weighted by atomic mass is 10.3. The van der Waals surface area contributed by atoms with Gasteiger partial charge in [-0.2, -0.15) is 5.26 Å². The molecule has 0 atom stereocenters. The van der Waals surface area contributed by atoms with Gasteiger partial charge in [0.05, 0.1) is 17.2 Å². The van der Waals surface area contributed by atoms with Crippen LogP contribution in [0.4, 0.5) is 10.1 Å². The van der Waals surface area contributed by atoms with E-state index in [1.54, 1.807) is 0 Å². The Morgan fingerprint density at radius 3 is 2.92 bits per heavy atom. The van der Waals surface area contributed by atoms with Crippen LogP contribution in [-0.4, -0.2) is 9.91 Å². The average Bonchev–Trinajstić information content (AvgIpc) is 2.04. The van der Waals surface area contributed by atoms with Gasteiger partial charge in [-0.15, -0.1) is 0 Å². The van der Waals surface area contributed by atoms with Crippen LogP contribution in [0.1, 0.15) is 5.69 Å². The minimum absolute atomic E-state index is 0.388. The van der Waals surface area contributed by atoms with Crippen LogP contribution in [0.25, 0.3) is 0 Å². The van der Waals surface area contributed by atoms with E-state index >= 15 is 0 Å². The van der Waals surface area contributed by atoms with Crippen molar-refractivity contribution < 1.29 is 9.31 Å². The normalized spacial score (nSPS) is 9.00. The number of hydrogen-bond donors (Lipinski definition) is 0. The molecule has 0 amide bonds. The summed E-state index contributed by atoms with van der Waals surface area (Å²) in [5.41, 5.74) is -1.00. The van der Waals surface area contributed by atoms with Crippen LogP contribution in [0, 0.1) is 27.3 Å². The molecule has 0 aliphatic rings. The maximum atomic E-state index is 12.4. The number of pyridine rings is 1. The zero-order chi connectivity index (χ0) is 9.14. The minimum atomic E-state index is -0.853. The smallest absolute Gasteiger partial charge is 0.258 e. The van der Waals surface area contributed by atoms with Gasteiger partial charge in [-0.3, -0.25) is 10.1 Å². The first kappa shape index (κ1) is 8.07. The summed E-state index contributed by atoms with van der Waals surface area (Å²) in [5, 5.41) is 18.5. The Labute approximate surface area is 66.2 Å². The summed E-state index contributed by atoms with van der Waals surface area (Å²) in [6.45, 7) is 0. The number of rotatable bonds is 1. The van der Waals surface area contributed by atoms with Gasteiger partial charge in [0.2, 0.25) is 5.69 Å². The number of halogens is 1.